The number of nitrogens with one attached hydrogen (secondary N) is 1. The number of benzene rings is 1. The van der Waals surface area contributed by atoms with E-state index in [0.717, 1.165) is 6.20 Å². The summed E-state index contributed by atoms with van der Waals surface area (Å²) >= 11 is 5.51. The quantitative estimate of drug-likeness (QED) is 0.668. The van der Waals surface area contributed by atoms with Gasteiger partial charge in [-0.15, -0.1) is 0 Å². The van der Waals surface area contributed by atoms with Gasteiger partial charge in [-0.25, -0.2) is 0 Å². The normalized spacial score (nSPS) is 10.2. The monoisotopic (exact) mass is 303 g/mol. The van der Waals surface area contributed by atoms with Gasteiger partial charge in [0.1, 0.15) is 17.7 Å². The molecule has 1 aromatic rings. The molecule has 1 N–H and O–H groups in total. The summed E-state index contributed by atoms with van der Waals surface area (Å²) in [7, 11) is 0. The van der Waals surface area contributed by atoms with E-state index in [1.807, 2.05) is 0 Å². The van der Waals surface area contributed by atoms with Gasteiger partial charge in [0.25, 0.3) is 0 Å². The van der Waals surface area contributed by atoms with Crippen molar-refractivity contribution in [1.29, 1.82) is 10.5 Å². The first-order valence-electron chi connectivity index (χ1n) is 4.68. The molecule has 0 spiro atoms. The van der Waals surface area contributed by atoms with Gasteiger partial charge in [0.2, 0.25) is 0 Å². The van der Waals surface area contributed by atoms with E-state index in [9.17, 15) is 13.2 Å². The number of nitrogens with zero attached hydrogens (tertiary/aromatic N) is 2. The first-order chi connectivity index (χ1) is 8.85. The van der Waals surface area contributed by atoms with Crippen LogP contribution < -0.4 is 5.32 Å². The molecule has 0 aliphatic rings. The first kappa shape index (κ1) is 15.2. The third-order valence-corrected chi connectivity index (χ3v) is 2.83. The molecule has 0 aliphatic heterocycles. The Kier molecular flexibility index (Phi) is 5.11. The molecule has 0 bridgehead atoms. The second-order valence-corrected chi connectivity index (χ2v) is 4.66. The molecule has 0 amide bonds. The molecule has 0 aliphatic carbocycles. The average Bonchev–Trinajstić information content (AvgIpc) is 2.32. The lowest BCUT2D eigenvalue weighted by Gasteiger charge is -2.09. The van der Waals surface area contributed by atoms with Crippen LogP contribution in [0.4, 0.5) is 18.9 Å². The van der Waals surface area contributed by atoms with Crippen LogP contribution in [0.25, 0.3) is 0 Å². The topological polar surface area (TPSA) is 59.6 Å². The fourth-order valence-corrected chi connectivity index (χ4v) is 1.80. The maximum absolute atomic E-state index is 12.2. The molecule has 0 aromatic heterocycles. The van der Waals surface area contributed by atoms with Crippen LogP contribution in [0.1, 0.15) is 0 Å². The second-order valence-electron chi connectivity index (χ2n) is 3.12. The molecule has 3 nitrogen and oxygen atoms in total. The van der Waals surface area contributed by atoms with E-state index >= 15 is 0 Å². The maximum Gasteiger partial charge on any atom is 0.446 e. The Morgan fingerprint density at radius 1 is 1.32 bits per heavy atom. The van der Waals surface area contributed by atoms with Gasteiger partial charge in [-0.05, 0) is 30.0 Å². The van der Waals surface area contributed by atoms with Gasteiger partial charge in [-0.1, -0.05) is 11.6 Å². The third kappa shape index (κ3) is 5.12. The molecule has 0 fully saturated rings. The van der Waals surface area contributed by atoms with E-state index in [2.05, 4.69) is 5.32 Å². The fourth-order valence-electron chi connectivity index (χ4n) is 1.05. The van der Waals surface area contributed by atoms with Gasteiger partial charge < -0.3 is 5.32 Å². The van der Waals surface area contributed by atoms with E-state index in [0.29, 0.717) is 0 Å². The van der Waals surface area contributed by atoms with Crippen molar-refractivity contribution in [1.82, 2.24) is 0 Å². The highest BCUT2D eigenvalue weighted by Gasteiger charge is 2.29. The molecule has 1 rings (SSSR count). The molecule has 8 heteroatoms. The standard InChI is InChI=1S/C11H5ClF3N3S/c12-9-2-1-8(19-11(13,14)15)3-10(9)18-6-7(4-16)5-17/h1-3,6,18H. The van der Waals surface area contributed by atoms with Crippen LogP contribution in [0, 0.1) is 22.7 Å². The zero-order valence-electron chi connectivity index (χ0n) is 9.12. The van der Waals surface area contributed by atoms with Gasteiger partial charge in [0.15, 0.2) is 0 Å². The Balaban J connectivity index is 2.96. The lowest BCUT2D eigenvalue weighted by Crippen LogP contribution is -1.99. The molecular formula is C11H5ClF3N3S. The number of hydrogen-bond donors (Lipinski definition) is 1. The molecule has 0 saturated heterocycles. The number of halogens is 4. The number of hydrogen-bond acceptors (Lipinski definition) is 4. The second kappa shape index (κ2) is 6.37. The molecule has 0 heterocycles. The first-order valence-corrected chi connectivity index (χ1v) is 5.87. The third-order valence-electron chi connectivity index (χ3n) is 1.78. The number of alkyl halides is 3. The Labute approximate surface area is 116 Å². The number of rotatable bonds is 3. The Morgan fingerprint density at radius 2 is 1.95 bits per heavy atom. The Bertz CT molecular complexity index is 568. The zero-order valence-corrected chi connectivity index (χ0v) is 10.7. The Morgan fingerprint density at radius 3 is 2.47 bits per heavy atom. The van der Waals surface area contributed by atoms with E-state index in [4.69, 9.17) is 22.1 Å². The molecule has 0 saturated carbocycles. The highest BCUT2D eigenvalue weighted by Crippen LogP contribution is 2.39. The minimum atomic E-state index is -4.40. The van der Waals surface area contributed by atoms with Crippen LogP contribution in [-0.2, 0) is 0 Å². The summed E-state index contributed by atoms with van der Waals surface area (Å²) in [5.41, 5.74) is -4.44. The average molecular weight is 304 g/mol. The summed E-state index contributed by atoms with van der Waals surface area (Å²) in [6.07, 6.45) is 1.07. The van der Waals surface area contributed by atoms with Crippen molar-refractivity contribution in [2.24, 2.45) is 0 Å². The van der Waals surface area contributed by atoms with Crippen molar-refractivity contribution < 1.29 is 13.2 Å². The predicted octanol–water partition coefficient (Wildman–Crippen LogP) is 4.29. The minimum Gasteiger partial charge on any atom is -0.359 e. The summed E-state index contributed by atoms with van der Waals surface area (Å²) in [6.45, 7) is 0. The summed E-state index contributed by atoms with van der Waals surface area (Å²) in [4.78, 5) is -0.0525. The van der Waals surface area contributed by atoms with Crippen LogP contribution >= 0.6 is 23.4 Å². The van der Waals surface area contributed by atoms with Gasteiger partial charge in [-0.2, -0.15) is 23.7 Å². The number of nitriles is 2. The molecule has 0 atom stereocenters. The van der Waals surface area contributed by atoms with Gasteiger partial charge in [0.05, 0.1) is 10.7 Å². The summed E-state index contributed by atoms with van der Waals surface area (Å²) in [5.74, 6) is 0. The van der Waals surface area contributed by atoms with E-state index in [1.54, 1.807) is 12.1 Å². The largest absolute Gasteiger partial charge is 0.446 e. The van der Waals surface area contributed by atoms with Crippen molar-refractivity contribution in [2.45, 2.75) is 10.4 Å². The van der Waals surface area contributed by atoms with Crippen molar-refractivity contribution in [3.63, 3.8) is 0 Å². The number of allylic oxidation sites excluding steroid dienone is 1. The minimum absolute atomic E-state index is 0.0525. The molecule has 0 radical (unpaired) electrons. The molecular weight excluding hydrogens is 299 g/mol. The molecule has 1 aromatic carbocycles. The van der Waals surface area contributed by atoms with Crippen molar-refractivity contribution in [3.8, 4) is 12.1 Å². The molecule has 19 heavy (non-hydrogen) atoms. The lowest BCUT2D eigenvalue weighted by atomic mass is 10.3. The fraction of sp³-hybridized carbons (Fsp3) is 0.0909. The summed E-state index contributed by atoms with van der Waals surface area (Å²) in [6, 6.07) is 6.91. The van der Waals surface area contributed by atoms with Gasteiger partial charge in [0, 0.05) is 11.1 Å². The van der Waals surface area contributed by atoms with E-state index in [1.165, 1.54) is 18.2 Å². The van der Waals surface area contributed by atoms with Crippen LogP contribution in [-0.4, -0.2) is 5.51 Å². The molecule has 0 unspecified atom stereocenters. The maximum atomic E-state index is 12.2. The van der Waals surface area contributed by atoms with Crippen molar-refractivity contribution in [2.75, 3.05) is 5.32 Å². The van der Waals surface area contributed by atoms with E-state index < -0.39 is 5.51 Å². The lowest BCUT2D eigenvalue weighted by molar-refractivity contribution is -0.0328. The SMILES string of the molecule is N#CC(C#N)=CNc1cc(SC(F)(F)F)ccc1Cl. The summed E-state index contributed by atoms with van der Waals surface area (Å²) < 4.78 is 36.6. The van der Waals surface area contributed by atoms with Crippen LogP contribution in [0.15, 0.2) is 34.9 Å². The van der Waals surface area contributed by atoms with Crippen LogP contribution in [0.5, 0.6) is 0 Å². The highest BCUT2D eigenvalue weighted by atomic mass is 35.5. The predicted molar refractivity (Wildman–Crippen MR) is 66.3 cm³/mol. The van der Waals surface area contributed by atoms with Gasteiger partial charge >= 0.3 is 5.51 Å². The zero-order chi connectivity index (χ0) is 14.5. The smallest absolute Gasteiger partial charge is 0.359 e. The van der Waals surface area contributed by atoms with Crippen LogP contribution in [0.2, 0.25) is 5.02 Å². The van der Waals surface area contributed by atoms with Crippen molar-refractivity contribution >= 4 is 29.1 Å². The molecule has 98 valence electrons. The number of thioether (sulfide) groups is 1. The Hall–Kier alpha value is -1.83. The highest BCUT2D eigenvalue weighted by molar-refractivity contribution is 8.00. The number of anilines is 1. The van der Waals surface area contributed by atoms with Crippen LogP contribution in [0.3, 0.4) is 0 Å². The van der Waals surface area contributed by atoms with Gasteiger partial charge in [-0.3, -0.25) is 0 Å². The summed E-state index contributed by atoms with van der Waals surface area (Å²) in [5, 5.41) is 19.7. The van der Waals surface area contributed by atoms with E-state index in [-0.39, 0.29) is 32.9 Å². The van der Waals surface area contributed by atoms with Crippen molar-refractivity contribution in [3.05, 3.63) is 35.0 Å².